The van der Waals surface area contributed by atoms with E-state index in [0.717, 1.165) is 11.1 Å². The molecule has 0 atom stereocenters. The van der Waals surface area contributed by atoms with Crippen LogP contribution >= 0.6 is 11.6 Å². The monoisotopic (exact) mass is 385 g/mol. The van der Waals surface area contributed by atoms with E-state index in [9.17, 15) is 4.79 Å². The molecule has 2 aromatic heterocycles. The minimum atomic E-state index is -0.465. The van der Waals surface area contributed by atoms with E-state index >= 15 is 0 Å². The summed E-state index contributed by atoms with van der Waals surface area (Å²) in [6.45, 7) is 5.99. The summed E-state index contributed by atoms with van der Waals surface area (Å²) in [5.74, 6) is 1.46. The van der Waals surface area contributed by atoms with Gasteiger partial charge in [0.05, 0.1) is 10.7 Å². The average Bonchev–Trinajstić information content (AvgIpc) is 3.06. The van der Waals surface area contributed by atoms with Gasteiger partial charge in [-0.3, -0.25) is 5.32 Å². The summed E-state index contributed by atoms with van der Waals surface area (Å²) >= 11 is 6.30. The van der Waals surface area contributed by atoms with Crippen molar-refractivity contribution in [1.29, 1.82) is 0 Å². The van der Waals surface area contributed by atoms with Gasteiger partial charge in [-0.15, -0.1) is 0 Å². The molecule has 0 aliphatic carbocycles. The van der Waals surface area contributed by atoms with Crippen LogP contribution in [0.15, 0.2) is 47.1 Å². The average molecular weight is 386 g/mol. The van der Waals surface area contributed by atoms with Crippen molar-refractivity contribution < 1.29 is 9.32 Å². The number of carbonyl (C=O) groups excluding carboxylic acids is 1. The van der Waals surface area contributed by atoms with E-state index in [-0.39, 0.29) is 5.41 Å². The molecule has 3 rings (SSSR count). The van der Waals surface area contributed by atoms with Gasteiger partial charge in [0.15, 0.2) is 5.82 Å². The molecule has 0 fully saturated rings. The van der Waals surface area contributed by atoms with Gasteiger partial charge >= 0.3 is 6.03 Å². The van der Waals surface area contributed by atoms with Crippen LogP contribution in [0.5, 0.6) is 0 Å². The van der Waals surface area contributed by atoms with Crippen LogP contribution in [-0.2, 0) is 5.41 Å². The Hall–Kier alpha value is -3.06. The molecule has 0 bridgehead atoms. The van der Waals surface area contributed by atoms with Gasteiger partial charge in [-0.05, 0) is 29.8 Å². The lowest BCUT2D eigenvalue weighted by Crippen LogP contribution is -2.19. The van der Waals surface area contributed by atoms with Crippen molar-refractivity contribution in [3.63, 3.8) is 0 Å². The molecule has 0 aliphatic heterocycles. The van der Waals surface area contributed by atoms with Crippen molar-refractivity contribution in [3.8, 4) is 11.1 Å². The Morgan fingerprint density at radius 1 is 1.11 bits per heavy atom. The van der Waals surface area contributed by atoms with Crippen LogP contribution in [0.4, 0.5) is 22.1 Å². The Morgan fingerprint density at radius 3 is 2.44 bits per heavy atom. The number of nitrogens with zero attached hydrogens (tertiary/aromatic N) is 2. The maximum absolute atomic E-state index is 12.2. The molecule has 0 saturated carbocycles. The minimum Gasteiger partial charge on any atom is -0.384 e. The van der Waals surface area contributed by atoms with Gasteiger partial charge < -0.3 is 15.6 Å². The Labute approximate surface area is 161 Å². The number of rotatable bonds is 3. The van der Waals surface area contributed by atoms with Crippen molar-refractivity contribution in [2.75, 3.05) is 16.4 Å². The number of amides is 2. The second-order valence-electron chi connectivity index (χ2n) is 7.07. The van der Waals surface area contributed by atoms with E-state index in [2.05, 4.69) is 20.8 Å². The Kier molecular flexibility index (Phi) is 5.05. The molecule has 3 aromatic rings. The largest absolute Gasteiger partial charge is 0.384 e. The van der Waals surface area contributed by atoms with E-state index < -0.39 is 6.03 Å². The highest BCUT2D eigenvalue weighted by Crippen LogP contribution is 2.29. The number of benzene rings is 1. The van der Waals surface area contributed by atoms with Gasteiger partial charge in [0.1, 0.15) is 11.6 Å². The quantitative estimate of drug-likeness (QED) is 0.593. The van der Waals surface area contributed by atoms with Gasteiger partial charge in [-0.25, -0.2) is 9.78 Å². The topological polar surface area (TPSA) is 106 Å². The van der Waals surface area contributed by atoms with Crippen molar-refractivity contribution in [2.24, 2.45) is 0 Å². The molecule has 2 heterocycles. The molecular weight excluding hydrogens is 366 g/mol. The zero-order valence-electron chi connectivity index (χ0n) is 15.2. The summed E-state index contributed by atoms with van der Waals surface area (Å²) in [4.78, 5) is 16.3. The molecule has 2 amide bonds. The van der Waals surface area contributed by atoms with E-state index in [4.69, 9.17) is 21.9 Å². The second kappa shape index (κ2) is 7.28. The molecule has 0 aliphatic rings. The van der Waals surface area contributed by atoms with Crippen molar-refractivity contribution in [1.82, 2.24) is 10.1 Å². The number of nitrogens with two attached hydrogens (primary N) is 1. The van der Waals surface area contributed by atoms with Crippen LogP contribution in [0.3, 0.4) is 0 Å². The minimum absolute atomic E-state index is 0.195. The first-order valence-electron chi connectivity index (χ1n) is 8.29. The molecule has 1 aromatic carbocycles. The van der Waals surface area contributed by atoms with Gasteiger partial charge in [0.25, 0.3) is 0 Å². The van der Waals surface area contributed by atoms with Gasteiger partial charge in [-0.1, -0.05) is 43.6 Å². The highest BCUT2D eigenvalue weighted by Gasteiger charge is 2.20. The fourth-order valence-electron chi connectivity index (χ4n) is 2.33. The zero-order chi connectivity index (χ0) is 19.6. The second-order valence-corrected chi connectivity index (χ2v) is 7.48. The van der Waals surface area contributed by atoms with Crippen LogP contribution in [0.2, 0.25) is 5.02 Å². The highest BCUT2D eigenvalue weighted by molar-refractivity contribution is 6.34. The number of anilines is 3. The molecular formula is C19H20ClN5O2. The highest BCUT2D eigenvalue weighted by atomic mass is 35.5. The lowest BCUT2D eigenvalue weighted by atomic mass is 9.93. The van der Waals surface area contributed by atoms with Gasteiger partial charge in [0.2, 0.25) is 0 Å². The Bertz CT molecular complexity index is 961. The summed E-state index contributed by atoms with van der Waals surface area (Å²) < 4.78 is 5.24. The molecule has 0 spiro atoms. The molecule has 7 nitrogen and oxygen atoms in total. The van der Waals surface area contributed by atoms with Gasteiger partial charge in [0, 0.05) is 23.2 Å². The third kappa shape index (κ3) is 4.57. The lowest BCUT2D eigenvalue weighted by Gasteiger charge is -2.12. The van der Waals surface area contributed by atoms with E-state index in [1.807, 2.05) is 32.9 Å². The number of urea groups is 1. The number of nitrogen functional groups attached to an aromatic ring is 1. The fraction of sp³-hybridized carbons (Fsp3) is 0.211. The van der Waals surface area contributed by atoms with Crippen molar-refractivity contribution in [3.05, 3.63) is 53.4 Å². The SMILES string of the molecule is CC(C)(C)c1cc(NC(=O)Nc2ccc(-c3ccc(N)nc3)cc2Cl)no1. The number of carbonyl (C=O) groups is 1. The summed E-state index contributed by atoms with van der Waals surface area (Å²) in [6, 6.07) is 10.1. The Morgan fingerprint density at radius 2 is 1.85 bits per heavy atom. The summed E-state index contributed by atoms with van der Waals surface area (Å²) in [7, 11) is 0. The molecule has 0 unspecified atom stereocenters. The van der Waals surface area contributed by atoms with E-state index in [1.165, 1.54) is 0 Å². The first-order chi connectivity index (χ1) is 12.7. The van der Waals surface area contributed by atoms with Crippen LogP contribution in [0.25, 0.3) is 11.1 Å². The van der Waals surface area contributed by atoms with Crippen LogP contribution in [-0.4, -0.2) is 16.2 Å². The number of nitrogens with one attached hydrogen (secondary N) is 2. The van der Waals surface area contributed by atoms with Gasteiger partial charge in [-0.2, -0.15) is 0 Å². The predicted molar refractivity (Wildman–Crippen MR) is 107 cm³/mol. The summed E-state index contributed by atoms with van der Waals surface area (Å²) in [6.07, 6.45) is 1.66. The molecule has 0 radical (unpaired) electrons. The molecule has 0 saturated heterocycles. The number of pyridine rings is 1. The number of hydrogen-bond acceptors (Lipinski definition) is 5. The first-order valence-corrected chi connectivity index (χ1v) is 8.67. The van der Waals surface area contributed by atoms with E-state index in [0.29, 0.717) is 28.1 Å². The molecule has 8 heteroatoms. The summed E-state index contributed by atoms with van der Waals surface area (Å²) in [5, 5.41) is 9.57. The van der Waals surface area contributed by atoms with E-state index in [1.54, 1.807) is 30.5 Å². The van der Waals surface area contributed by atoms with Crippen LogP contribution in [0.1, 0.15) is 26.5 Å². The number of aromatic nitrogens is 2. The van der Waals surface area contributed by atoms with Crippen LogP contribution in [0, 0.1) is 0 Å². The Balaban J connectivity index is 1.69. The normalized spacial score (nSPS) is 11.3. The standard InChI is InChI=1S/C19H20ClN5O2/c1-19(2,3)15-9-17(25-27-15)24-18(26)23-14-6-4-11(8-13(14)20)12-5-7-16(21)22-10-12/h4-10H,1-3H3,(H2,21,22)(H2,23,24,25,26). The molecule has 4 N–H and O–H groups in total. The van der Waals surface area contributed by atoms with Crippen molar-refractivity contribution >= 4 is 35.0 Å². The first kappa shape index (κ1) is 18.7. The third-order valence-electron chi connectivity index (χ3n) is 3.83. The number of halogens is 1. The smallest absolute Gasteiger partial charge is 0.324 e. The maximum atomic E-state index is 12.2. The molecule has 140 valence electrons. The molecule has 27 heavy (non-hydrogen) atoms. The summed E-state index contributed by atoms with van der Waals surface area (Å²) in [5.41, 5.74) is 7.62. The zero-order valence-corrected chi connectivity index (χ0v) is 16.0. The fourth-order valence-corrected chi connectivity index (χ4v) is 2.56. The third-order valence-corrected chi connectivity index (χ3v) is 4.14. The number of hydrogen-bond donors (Lipinski definition) is 3. The lowest BCUT2D eigenvalue weighted by molar-refractivity contribution is 0.262. The predicted octanol–water partition coefficient (Wildman–Crippen LogP) is 4.91. The van der Waals surface area contributed by atoms with Crippen LogP contribution < -0.4 is 16.4 Å². The maximum Gasteiger partial charge on any atom is 0.324 e. The van der Waals surface area contributed by atoms with Crippen molar-refractivity contribution in [2.45, 2.75) is 26.2 Å².